The topological polar surface area (TPSA) is 32.3 Å². The van der Waals surface area contributed by atoms with Crippen LogP contribution in [0.25, 0.3) is 0 Å². The summed E-state index contributed by atoms with van der Waals surface area (Å²) in [4.78, 5) is 13.7. The van der Waals surface area contributed by atoms with Crippen molar-refractivity contribution in [3.8, 4) is 0 Å². The van der Waals surface area contributed by atoms with E-state index in [0.29, 0.717) is 0 Å². The molecule has 0 aromatic rings. The van der Waals surface area contributed by atoms with Gasteiger partial charge in [-0.25, -0.2) is 0 Å². The number of amides is 1. The minimum atomic E-state index is -0.484. The summed E-state index contributed by atoms with van der Waals surface area (Å²) >= 11 is 0. The van der Waals surface area contributed by atoms with E-state index < -0.39 is 5.54 Å². The molecule has 0 fully saturated rings. The first-order valence-corrected chi connectivity index (χ1v) is 4.60. The summed E-state index contributed by atoms with van der Waals surface area (Å²) in [6.07, 6.45) is 0. The molecule has 0 saturated heterocycles. The zero-order chi connectivity index (χ0) is 10.9. The van der Waals surface area contributed by atoms with Crippen molar-refractivity contribution in [3.05, 3.63) is 0 Å². The molecule has 0 aliphatic carbocycles. The van der Waals surface area contributed by atoms with E-state index in [1.54, 1.807) is 11.9 Å². The molecule has 0 heterocycles. The Balaban J connectivity index is 4.63. The van der Waals surface area contributed by atoms with Crippen molar-refractivity contribution in [2.75, 3.05) is 14.1 Å². The van der Waals surface area contributed by atoms with E-state index in [1.807, 2.05) is 41.7 Å². The van der Waals surface area contributed by atoms with Crippen LogP contribution in [0.15, 0.2) is 0 Å². The number of likely N-dealkylation sites (N-methyl/N-ethyl adjacent to an activating group) is 2. The van der Waals surface area contributed by atoms with Crippen molar-refractivity contribution in [2.24, 2.45) is 0 Å². The highest BCUT2D eigenvalue weighted by Gasteiger charge is 2.33. The average molecular weight is 186 g/mol. The van der Waals surface area contributed by atoms with Gasteiger partial charge in [0, 0.05) is 12.6 Å². The fourth-order valence-corrected chi connectivity index (χ4v) is 0.831. The molecule has 0 unspecified atom stereocenters. The van der Waals surface area contributed by atoms with Crippen molar-refractivity contribution in [2.45, 2.75) is 45.7 Å². The van der Waals surface area contributed by atoms with E-state index in [1.165, 1.54) is 0 Å². The van der Waals surface area contributed by atoms with Gasteiger partial charge in [0.25, 0.3) is 0 Å². The van der Waals surface area contributed by atoms with Gasteiger partial charge < -0.3 is 10.2 Å². The Hall–Kier alpha value is -0.570. The molecule has 0 bridgehead atoms. The Morgan fingerprint density at radius 1 is 1.15 bits per heavy atom. The average Bonchev–Trinajstić information content (AvgIpc) is 2.00. The Morgan fingerprint density at radius 3 is 1.77 bits per heavy atom. The van der Waals surface area contributed by atoms with Crippen LogP contribution < -0.4 is 5.32 Å². The zero-order valence-electron chi connectivity index (χ0n) is 9.86. The summed E-state index contributed by atoms with van der Waals surface area (Å²) in [5.41, 5.74) is -0.604. The number of carbonyl (C=O) groups is 1. The predicted octanol–water partition coefficient (Wildman–Crippen LogP) is 1.24. The van der Waals surface area contributed by atoms with Crippen LogP contribution in [0, 0.1) is 0 Å². The quantitative estimate of drug-likeness (QED) is 0.703. The monoisotopic (exact) mass is 186 g/mol. The molecule has 0 aromatic carbocycles. The fraction of sp³-hybridized carbons (Fsp3) is 0.900. The lowest BCUT2D eigenvalue weighted by Crippen LogP contribution is -2.56. The summed E-state index contributed by atoms with van der Waals surface area (Å²) in [6.45, 7) is 9.85. The van der Waals surface area contributed by atoms with Crippen LogP contribution in [0.1, 0.15) is 34.6 Å². The summed E-state index contributed by atoms with van der Waals surface area (Å²) in [7, 11) is 3.63. The lowest BCUT2D eigenvalue weighted by molar-refractivity contribution is -0.139. The van der Waals surface area contributed by atoms with E-state index in [-0.39, 0.29) is 11.4 Å². The number of nitrogens with one attached hydrogen (secondary N) is 1. The van der Waals surface area contributed by atoms with Crippen LogP contribution in [0.3, 0.4) is 0 Å². The Morgan fingerprint density at radius 2 is 1.54 bits per heavy atom. The van der Waals surface area contributed by atoms with E-state index in [4.69, 9.17) is 0 Å². The SMILES string of the molecule is CNC(C)(C)C(=O)N(C)C(C)(C)C. The number of hydrogen-bond acceptors (Lipinski definition) is 2. The summed E-state index contributed by atoms with van der Waals surface area (Å²) in [5.74, 6) is 0.113. The highest BCUT2D eigenvalue weighted by Crippen LogP contribution is 2.15. The highest BCUT2D eigenvalue weighted by atomic mass is 16.2. The third-order valence-corrected chi connectivity index (χ3v) is 2.47. The van der Waals surface area contributed by atoms with Crippen LogP contribution in [0.5, 0.6) is 0 Å². The fourth-order valence-electron chi connectivity index (χ4n) is 0.831. The second kappa shape index (κ2) is 3.66. The Labute approximate surface area is 81.5 Å². The minimum Gasteiger partial charge on any atom is -0.339 e. The van der Waals surface area contributed by atoms with E-state index in [0.717, 1.165) is 0 Å². The van der Waals surface area contributed by atoms with Crippen molar-refractivity contribution in [1.82, 2.24) is 10.2 Å². The van der Waals surface area contributed by atoms with Gasteiger partial charge in [-0.05, 0) is 41.7 Å². The van der Waals surface area contributed by atoms with Gasteiger partial charge in [0.2, 0.25) is 5.91 Å². The molecule has 0 radical (unpaired) electrons. The molecule has 0 aliphatic rings. The number of nitrogens with zero attached hydrogens (tertiary/aromatic N) is 1. The first-order chi connectivity index (χ1) is 5.63. The van der Waals surface area contributed by atoms with Crippen LogP contribution >= 0.6 is 0 Å². The van der Waals surface area contributed by atoms with Crippen molar-refractivity contribution < 1.29 is 4.79 Å². The Bertz CT molecular complexity index is 192. The second-order valence-electron chi connectivity index (χ2n) is 4.91. The third kappa shape index (κ3) is 2.99. The van der Waals surface area contributed by atoms with Crippen LogP contribution in [0.2, 0.25) is 0 Å². The molecule has 0 spiro atoms. The molecule has 78 valence electrons. The number of hydrogen-bond donors (Lipinski definition) is 1. The molecule has 0 saturated carbocycles. The van der Waals surface area contributed by atoms with Crippen LogP contribution in [-0.4, -0.2) is 36.0 Å². The first kappa shape index (κ1) is 12.4. The standard InChI is InChI=1S/C10H22N2O/c1-9(2,3)12(7)8(13)10(4,5)11-6/h11H,1-7H3. The largest absolute Gasteiger partial charge is 0.339 e. The maximum Gasteiger partial charge on any atom is 0.242 e. The number of rotatable bonds is 2. The maximum absolute atomic E-state index is 11.9. The molecule has 0 rings (SSSR count). The predicted molar refractivity (Wildman–Crippen MR) is 55.7 cm³/mol. The molecule has 0 atom stereocenters. The van der Waals surface area contributed by atoms with Crippen LogP contribution in [-0.2, 0) is 4.79 Å². The molecule has 0 aromatic heterocycles. The number of carbonyl (C=O) groups excluding carboxylic acids is 1. The van der Waals surface area contributed by atoms with Crippen LogP contribution in [0.4, 0.5) is 0 Å². The lowest BCUT2D eigenvalue weighted by atomic mass is 9.99. The summed E-state index contributed by atoms with van der Waals surface area (Å²) in [6, 6.07) is 0. The van der Waals surface area contributed by atoms with Crippen molar-refractivity contribution in [3.63, 3.8) is 0 Å². The normalized spacial score (nSPS) is 12.8. The maximum atomic E-state index is 11.9. The second-order valence-corrected chi connectivity index (χ2v) is 4.91. The van der Waals surface area contributed by atoms with Gasteiger partial charge in [-0.1, -0.05) is 0 Å². The van der Waals surface area contributed by atoms with Gasteiger partial charge in [-0.3, -0.25) is 4.79 Å². The molecule has 3 heteroatoms. The summed E-state index contributed by atoms with van der Waals surface area (Å²) in [5, 5.41) is 3.00. The smallest absolute Gasteiger partial charge is 0.242 e. The molecule has 1 N–H and O–H groups in total. The van der Waals surface area contributed by atoms with Gasteiger partial charge in [0.1, 0.15) is 0 Å². The highest BCUT2D eigenvalue weighted by molar-refractivity contribution is 5.85. The first-order valence-electron chi connectivity index (χ1n) is 4.60. The van der Waals surface area contributed by atoms with Gasteiger partial charge in [-0.15, -0.1) is 0 Å². The molecule has 1 amide bonds. The minimum absolute atomic E-state index is 0.113. The van der Waals surface area contributed by atoms with Crippen molar-refractivity contribution in [1.29, 1.82) is 0 Å². The zero-order valence-corrected chi connectivity index (χ0v) is 9.86. The van der Waals surface area contributed by atoms with E-state index in [2.05, 4.69) is 5.32 Å². The molecule has 13 heavy (non-hydrogen) atoms. The Kier molecular flexibility index (Phi) is 3.50. The summed E-state index contributed by atoms with van der Waals surface area (Å²) < 4.78 is 0. The molecular weight excluding hydrogens is 164 g/mol. The van der Waals surface area contributed by atoms with Gasteiger partial charge >= 0.3 is 0 Å². The third-order valence-electron chi connectivity index (χ3n) is 2.47. The molecular formula is C10H22N2O. The van der Waals surface area contributed by atoms with Gasteiger partial charge in [0.05, 0.1) is 5.54 Å². The lowest BCUT2D eigenvalue weighted by Gasteiger charge is -2.37. The van der Waals surface area contributed by atoms with E-state index in [9.17, 15) is 4.79 Å². The van der Waals surface area contributed by atoms with Gasteiger partial charge in [-0.2, -0.15) is 0 Å². The van der Waals surface area contributed by atoms with E-state index >= 15 is 0 Å². The van der Waals surface area contributed by atoms with Gasteiger partial charge in [0.15, 0.2) is 0 Å². The molecule has 3 nitrogen and oxygen atoms in total. The molecule has 0 aliphatic heterocycles. The van der Waals surface area contributed by atoms with Crippen molar-refractivity contribution >= 4 is 5.91 Å².